The number of methoxy groups -OCH3 is 1. The lowest BCUT2D eigenvalue weighted by molar-refractivity contribution is 0.0691. The van der Waals surface area contributed by atoms with Gasteiger partial charge < -0.3 is 14.6 Å². The highest BCUT2D eigenvalue weighted by atomic mass is 16.5. The predicted molar refractivity (Wildman–Crippen MR) is 75.5 cm³/mol. The van der Waals surface area contributed by atoms with E-state index in [9.17, 15) is 4.79 Å². The predicted octanol–water partition coefficient (Wildman–Crippen LogP) is 3.28. The minimum Gasteiger partial charge on any atom is -0.497 e. The number of carboxylic acids is 1. The summed E-state index contributed by atoms with van der Waals surface area (Å²) in [6, 6.07) is 12.5. The van der Waals surface area contributed by atoms with E-state index < -0.39 is 5.97 Å². The van der Waals surface area contributed by atoms with E-state index in [0.717, 1.165) is 16.9 Å². The Morgan fingerprint density at radius 1 is 1.15 bits per heavy atom. The number of aryl methyl sites for hydroxylation is 1. The number of aromatic carboxylic acids is 1. The number of ether oxygens (including phenoxy) is 2. The van der Waals surface area contributed by atoms with E-state index in [1.165, 1.54) is 0 Å². The van der Waals surface area contributed by atoms with Crippen molar-refractivity contribution in [2.45, 2.75) is 13.5 Å². The molecule has 0 heterocycles. The summed E-state index contributed by atoms with van der Waals surface area (Å²) in [5.74, 6) is 0.199. The van der Waals surface area contributed by atoms with Gasteiger partial charge in [-0.25, -0.2) is 4.79 Å². The molecule has 0 aliphatic carbocycles. The van der Waals surface area contributed by atoms with Crippen LogP contribution in [0.3, 0.4) is 0 Å². The first-order chi connectivity index (χ1) is 9.61. The van der Waals surface area contributed by atoms with Crippen LogP contribution in [-0.4, -0.2) is 18.2 Å². The standard InChI is InChI=1S/C16H16O4/c1-11-4-3-5-14(16(17)18)15(11)20-10-12-6-8-13(19-2)9-7-12/h3-9H,10H2,1-2H3,(H,17,18). The molecule has 104 valence electrons. The van der Waals surface area contributed by atoms with Crippen molar-refractivity contribution in [1.29, 1.82) is 0 Å². The number of benzene rings is 2. The van der Waals surface area contributed by atoms with Crippen LogP contribution in [0.1, 0.15) is 21.5 Å². The molecule has 0 aliphatic rings. The fourth-order valence-corrected chi connectivity index (χ4v) is 1.89. The first-order valence-corrected chi connectivity index (χ1v) is 6.20. The van der Waals surface area contributed by atoms with Crippen LogP contribution >= 0.6 is 0 Å². The van der Waals surface area contributed by atoms with Gasteiger partial charge in [-0.3, -0.25) is 0 Å². The molecule has 0 aliphatic heterocycles. The topological polar surface area (TPSA) is 55.8 Å². The van der Waals surface area contributed by atoms with Crippen LogP contribution in [-0.2, 0) is 6.61 Å². The third-order valence-corrected chi connectivity index (χ3v) is 2.98. The molecule has 0 unspecified atom stereocenters. The molecule has 0 bridgehead atoms. The summed E-state index contributed by atoms with van der Waals surface area (Å²) in [7, 11) is 1.61. The van der Waals surface area contributed by atoms with Gasteiger partial charge in [0.25, 0.3) is 0 Å². The Balaban J connectivity index is 2.16. The molecule has 0 radical (unpaired) electrons. The van der Waals surface area contributed by atoms with Gasteiger partial charge in [0.05, 0.1) is 7.11 Å². The van der Waals surface area contributed by atoms with Gasteiger partial charge in [-0.15, -0.1) is 0 Å². The zero-order chi connectivity index (χ0) is 14.5. The van der Waals surface area contributed by atoms with Gasteiger partial charge in [0, 0.05) is 0 Å². The van der Waals surface area contributed by atoms with Gasteiger partial charge in [0.2, 0.25) is 0 Å². The van der Waals surface area contributed by atoms with E-state index in [-0.39, 0.29) is 5.56 Å². The Bertz CT molecular complexity index is 602. The zero-order valence-corrected chi connectivity index (χ0v) is 11.4. The lowest BCUT2D eigenvalue weighted by atomic mass is 10.1. The van der Waals surface area contributed by atoms with E-state index in [1.807, 2.05) is 37.3 Å². The SMILES string of the molecule is COc1ccc(COc2c(C)cccc2C(=O)O)cc1. The Kier molecular flexibility index (Phi) is 4.25. The molecule has 0 saturated carbocycles. The highest BCUT2D eigenvalue weighted by Crippen LogP contribution is 2.24. The second-order valence-corrected chi connectivity index (χ2v) is 4.39. The van der Waals surface area contributed by atoms with Crippen molar-refractivity contribution >= 4 is 5.97 Å². The van der Waals surface area contributed by atoms with E-state index in [1.54, 1.807) is 19.2 Å². The normalized spacial score (nSPS) is 10.1. The molecule has 0 aromatic heterocycles. The molecule has 2 aromatic carbocycles. The summed E-state index contributed by atoms with van der Waals surface area (Å²) in [6.45, 7) is 2.14. The Labute approximate surface area is 117 Å². The first-order valence-electron chi connectivity index (χ1n) is 6.20. The van der Waals surface area contributed by atoms with Crippen molar-refractivity contribution in [2.24, 2.45) is 0 Å². The largest absolute Gasteiger partial charge is 0.497 e. The maximum Gasteiger partial charge on any atom is 0.339 e. The zero-order valence-electron chi connectivity index (χ0n) is 11.4. The minimum absolute atomic E-state index is 0.179. The van der Waals surface area contributed by atoms with Gasteiger partial charge in [0.1, 0.15) is 23.7 Å². The summed E-state index contributed by atoms with van der Waals surface area (Å²) < 4.78 is 10.8. The van der Waals surface area contributed by atoms with E-state index in [4.69, 9.17) is 14.6 Å². The molecule has 4 nitrogen and oxygen atoms in total. The molecular weight excluding hydrogens is 256 g/mol. The van der Waals surface area contributed by atoms with Crippen molar-refractivity contribution in [1.82, 2.24) is 0 Å². The number of carbonyl (C=O) groups is 1. The van der Waals surface area contributed by atoms with Gasteiger partial charge >= 0.3 is 5.97 Å². The smallest absolute Gasteiger partial charge is 0.339 e. The molecule has 4 heteroatoms. The second kappa shape index (κ2) is 6.10. The molecule has 0 fully saturated rings. The first kappa shape index (κ1) is 13.9. The van der Waals surface area contributed by atoms with Gasteiger partial charge in [-0.05, 0) is 36.2 Å². The maximum atomic E-state index is 11.2. The van der Waals surface area contributed by atoms with Crippen LogP contribution in [0, 0.1) is 6.92 Å². The highest BCUT2D eigenvalue weighted by Gasteiger charge is 2.13. The Morgan fingerprint density at radius 2 is 1.85 bits per heavy atom. The van der Waals surface area contributed by atoms with Crippen molar-refractivity contribution < 1.29 is 19.4 Å². The number of para-hydroxylation sites is 1. The molecule has 0 saturated heterocycles. The van der Waals surface area contributed by atoms with Gasteiger partial charge in [-0.1, -0.05) is 24.3 Å². The third kappa shape index (κ3) is 3.09. The van der Waals surface area contributed by atoms with Crippen LogP contribution in [0.15, 0.2) is 42.5 Å². The summed E-state index contributed by atoms with van der Waals surface area (Å²) in [4.78, 5) is 11.2. The minimum atomic E-state index is -0.988. The van der Waals surface area contributed by atoms with E-state index >= 15 is 0 Å². The lowest BCUT2D eigenvalue weighted by Crippen LogP contribution is -2.05. The number of hydrogen-bond acceptors (Lipinski definition) is 3. The Morgan fingerprint density at radius 3 is 2.45 bits per heavy atom. The quantitative estimate of drug-likeness (QED) is 0.907. The van der Waals surface area contributed by atoms with Crippen molar-refractivity contribution in [3.8, 4) is 11.5 Å². The summed E-state index contributed by atoms with van der Waals surface area (Å²) in [6.07, 6.45) is 0. The number of rotatable bonds is 5. The van der Waals surface area contributed by atoms with E-state index in [0.29, 0.717) is 12.4 Å². The van der Waals surface area contributed by atoms with Crippen molar-refractivity contribution in [3.63, 3.8) is 0 Å². The van der Waals surface area contributed by atoms with Crippen LogP contribution in [0.5, 0.6) is 11.5 Å². The van der Waals surface area contributed by atoms with Gasteiger partial charge in [-0.2, -0.15) is 0 Å². The van der Waals surface area contributed by atoms with Crippen LogP contribution in [0.4, 0.5) is 0 Å². The maximum absolute atomic E-state index is 11.2. The van der Waals surface area contributed by atoms with Crippen molar-refractivity contribution in [2.75, 3.05) is 7.11 Å². The third-order valence-electron chi connectivity index (χ3n) is 2.98. The second-order valence-electron chi connectivity index (χ2n) is 4.39. The summed E-state index contributed by atoms with van der Waals surface area (Å²) in [5.41, 5.74) is 1.93. The molecule has 0 atom stereocenters. The fraction of sp³-hybridized carbons (Fsp3) is 0.188. The average Bonchev–Trinajstić information content (AvgIpc) is 2.46. The molecule has 0 spiro atoms. The summed E-state index contributed by atoms with van der Waals surface area (Å²) >= 11 is 0. The number of hydrogen-bond donors (Lipinski definition) is 1. The molecule has 2 rings (SSSR count). The summed E-state index contributed by atoms with van der Waals surface area (Å²) in [5, 5.41) is 9.16. The number of carboxylic acid groups (broad SMARTS) is 1. The molecule has 1 N–H and O–H groups in total. The highest BCUT2D eigenvalue weighted by molar-refractivity contribution is 5.91. The van der Waals surface area contributed by atoms with Crippen molar-refractivity contribution in [3.05, 3.63) is 59.2 Å². The monoisotopic (exact) mass is 272 g/mol. The van der Waals surface area contributed by atoms with Gasteiger partial charge in [0.15, 0.2) is 0 Å². The molecule has 0 amide bonds. The van der Waals surface area contributed by atoms with Crippen LogP contribution < -0.4 is 9.47 Å². The molecular formula is C16H16O4. The lowest BCUT2D eigenvalue weighted by Gasteiger charge is -2.12. The fourth-order valence-electron chi connectivity index (χ4n) is 1.89. The van der Waals surface area contributed by atoms with Crippen LogP contribution in [0.2, 0.25) is 0 Å². The van der Waals surface area contributed by atoms with Crippen LogP contribution in [0.25, 0.3) is 0 Å². The Hall–Kier alpha value is -2.49. The molecule has 2 aromatic rings. The molecule has 20 heavy (non-hydrogen) atoms. The average molecular weight is 272 g/mol. The van der Waals surface area contributed by atoms with E-state index in [2.05, 4.69) is 0 Å².